The summed E-state index contributed by atoms with van der Waals surface area (Å²) in [5.74, 6) is 0. The van der Waals surface area contributed by atoms with Crippen molar-refractivity contribution in [1.29, 1.82) is 0 Å². The first-order valence-corrected chi connectivity index (χ1v) is 5.88. The topological polar surface area (TPSA) is 33.1 Å². The minimum atomic E-state index is -0.567. The second kappa shape index (κ2) is 5.30. The molecule has 0 saturated heterocycles. The molecule has 2 aromatic rings. The standard InChI is InChI=1S/C14H14ClNO/c1-10-4-3-7-16-13(10)9-14(17)11-5-2-6-12(15)8-11/h2-8,14,17H,9H2,1H3. The molecular formula is C14H14ClNO. The molecule has 1 aromatic heterocycles. The highest BCUT2D eigenvalue weighted by atomic mass is 35.5. The summed E-state index contributed by atoms with van der Waals surface area (Å²) in [4.78, 5) is 4.27. The second-order valence-corrected chi connectivity index (χ2v) is 4.48. The van der Waals surface area contributed by atoms with Crippen LogP contribution in [0, 0.1) is 6.92 Å². The molecule has 0 spiro atoms. The van der Waals surface area contributed by atoms with Gasteiger partial charge >= 0.3 is 0 Å². The minimum Gasteiger partial charge on any atom is -0.388 e. The zero-order valence-corrected chi connectivity index (χ0v) is 10.4. The Hall–Kier alpha value is -1.38. The van der Waals surface area contributed by atoms with E-state index in [1.807, 2.05) is 31.2 Å². The van der Waals surface area contributed by atoms with E-state index in [9.17, 15) is 5.11 Å². The smallest absolute Gasteiger partial charge is 0.0846 e. The molecule has 17 heavy (non-hydrogen) atoms. The van der Waals surface area contributed by atoms with Crippen LogP contribution in [0.4, 0.5) is 0 Å². The fourth-order valence-electron chi connectivity index (χ4n) is 1.75. The molecular weight excluding hydrogens is 234 g/mol. The Bertz CT molecular complexity index is 513. The Labute approximate surface area is 106 Å². The lowest BCUT2D eigenvalue weighted by atomic mass is 10.0. The molecule has 1 heterocycles. The molecule has 1 atom stereocenters. The van der Waals surface area contributed by atoms with Gasteiger partial charge in [-0.2, -0.15) is 0 Å². The summed E-state index contributed by atoms with van der Waals surface area (Å²) in [5.41, 5.74) is 2.83. The molecule has 2 rings (SSSR count). The highest BCUT2D eigenvalue weighted by Crippen LogP contribution is 2.21. The lowest BCUT2D eigenvalue weighted by Gasteiger charge is -2.12. The third-order valence-electron chi connectivity index (χ3n) is 2.74. The molecule has 0 fully saturated rings. The number of rotatable bonds is 3. The Balaban J connectivity index is 2.17. The van der Waals surface area contributed by atoms with Crippen molar-refractivity contribution in [3.8, 4) is 0 Å². The van der Waals surface area contributed by atoms with Crippen LogP contribution in [0.3, 0.4) is 0 Å². The normalized spacial score (nSPS) is 12.4. The van der Waals surface area contributed by atoms with Crippen LogP contribution in [0.2, 0.25) is 5.02 Å². The lowest BCUT2D eigenvalue weighted by molar-refractivity contribution is 0.177. The highest BCUT2D eigenvalue weighted by molar-refractivity contribution is 6.30. The number of aryl methyl sites for hydroxylation is 1. The van der Waals surface area contributed by atoms with E-state index in [1.54, 1.807) is 18.3 Å². The van der Waals surface area contributed by atoms with Crippen molar-refractivity contribution >= 4 is 11.6 Å². The molecule has 3 heteroatoms. The Morgan fingerprint density at radius 2 is 2.12 bits per heavy atom. The largest absolute Gasteiger partial charge is 0.388 e. The van der Waals surface area contributed by atoms with Crippen molar-refractivity contribution < 1.29 is 5.11 Å². The van der Waals surface area contributed by atoms with E-state index in [2.05, 4.69) is 4.98 Å². The summed E-state index contributed by atoms with van der Waals surface area (Å²) in [5, 5.41) is 10.8. The number of aliphatic hydroxyl groups excluding tert-OH is 1. The summed E-state index contributed by atoms with van der Waals surface area (Å²) in [6.45, 7) is 1.99. The SMILES string of the molecule is Cc1cccnc1CC(O)c1cccc(Cl)c1. The van der Waals surface area contributed by atoms with Gasteiger partial charge in [-0.25, -0.2) is 0 Å². The number of hydrogen-bond donors (Lipinski definition) is 1. The predicted molar refractivity (Wildman–Crippen MR) is 69.1 cm³/mol. The Morgan fingerprint density at radius 3 is 2.82 bits per heavy atom. The zero-order valence-electron chi connectivity index (χ0n) is 9.60. The van der Waals surface area contributed by atoms with E-state index in [1.165, 1.54) is 0 Å². The van der Waals surface area contributed by atoms with Crippen LogP contribution in [0.1, 0.15) is 22.9 Å². The van der Waals surface area contributed by atoms with Gasteiger partial charge in [-0.15, -0.1) is 0 Å². The van der Waals surface area contributed by atoms with Gasteiger partial charge in [-0.05, 0) is 36.2 Å². The maximum Gasteiger partial charge on any atom is 0.0846 e. The quantitative estimate of drug-likeness (QED) is 0.903. The number of pyridine rings is 1. The van der Waals surface area contributed by atoms with Gasteiger partial charge in [0.05, 0.1) is 6.10 Å². The van der Waals surface area contributed by atoms with E-state index in [0.29, 0.717) is 11.4 Å². The molecule has 0 bridgehead atoms. The van der Waals surface area contributed by atoms with Crippen molar-refractivity contribution in [2.45, 2.75) is 19.4 Å². The first-order valence-electron chi connectivity index (χ1n) is 5.51. The van der Waals surface area contributed by atoms with Gasteiger partial charge in [0.1, 0.15) is 0 Å². The molecule has 1 aromatic carbocycles. The second-order valence-electron chi connectivity index (χ2n) is 4.04. The van der Waals surface area contributed by atoms with Gasteiger partial charge in [0, 0.05) is 23.3 Å². The number of aliphatic hydroxyl groups is 1. The molecule has 0 saturated carbocycles. The summed E-state index contributed by atoms with van der Waals surface area (Å²) < 4.78 is 0. The van der Waals surface area contributed by atoms with Crippen LogP contribution < -0.4 is 0 Å². The molecule has 0 aliphatic heterocycles. The molecule has 1 N–H and O–H groups in total. The van der Waals surface area contributed by atoms with E-state index < -0.39 is 6.10 Å². The summed E-state index contributed by atoms with van der Waals surface area (Å²) in [7, 11) is 0. The van der Waals surface area contributed by atoms with Crippen molar-refractivity contribution in [2.75, 3.05) is 0 Å². The number of nitrogens with zero attached hydrogens (tertiary/aromatic N) is 1. The van der Waals surface area contributed by atoms with Crippen LogP contribution in [-0.2, 0) is 6.42 Å². The van der Waals surface area contributed by atoms with E-state index >= 15 is 0 Å². The third kappa shape index (κ3) is 3.05. The maximum absolute atomic E-state index is 10.1. The van der Waals surface area contributed by atoms with Gasteiger partial charge in [0.15, 0.2) is 0 Å². The van der Waals surface area contributed by atoms with Crippen molar-refractivity contribution in [3.63, 3.8) is 0 Å². The minimum absolute atomic E-state index is 0.507. The molecule has 0 radical (unpaired) electrons. The lowest BCUT2D eigenvalue weighted by Crippen LogP contribution is -2.04. The van der Waals surface area contributed by atoms with Gasteiger partial charge in [0.2, 0.25) is 0 Å². The third-order valence-corrected chi connectivity index (χ3v) is 2.97. The van der Waals surface area contributed by atoms with Crippen LogP contribution in [0.5, 0.6) is 0 Å². The summed E-state index contributed by atoms with van der Waals surface area (Å²) in [6.07, 6.45) is 1.68. The molecule has 0 aliphatic rings. The molecule has 0 amide bonds. The first kappa shape index (κ1) is 12.1. The van der Waals surface area contributed by atoms with Crippen molar-refractivity contribution in [3.05, 3.63) is 64.4 Å². The number of hydrogen-bond acceptors (Lipinski definition) is 2. The Kier molecular flexibility index (Phi) is 3.77. The number of halogens is 1. The first-order chi connectivity index (χ1) is 8.16. The predicted octanol–water partition coefficient (Wildman–Crippen LogP) is 3.32. The fourth-order valence-corrected chi connectivity index (χ4v) is 1.95. The number of benzene rings is 1. The molecule has 88 valence electrons. The average molecular weight is 248 g/mol. The van der Waals surface area contributed by atoms with Gasteiger partial charge in [0.25, 0.3) is 0 Å². The fraction of sp³-hybridized carbons (Fsp3) is 0.214. The van der Waals surface area contributed by atoms with E-state index in [0.717, 1.165) is 16.8 Å². The number of aromatic nitrogens is 1. The average Bonchev–Trinajstić information content (AvgIpc) is 2.32. The maximum atomic E-state index is 10.1. The summed E-state index contributed by atoms with van der Waals surface area (Å²) in [6, 6.07) is 11.2. The van der Waals surface area contributed by atoms with Crippen LogP contribution in [0.15, 0.2) is 42.6 Å². The van der Waals surface area contributed by atoms with Gasteiger partial charge in [-0.3, -0.25) is 4.98 Å². The van der Waals surface area contributed by atoms with E-state index in [4.69, 9.17) is 11.6 Å². The van der Waals surface area contributed by atoms with Crippen LogP contribution >= 0.6 is 11.6 Å². The van der Waals surface area contributed by atoms with Crippen LogP contribution in [0.25, 0.3) is 0 Å². The van der Waals surface area contributed by atoms with E-state index in [-0.39, 0.29) is 0 Å². The van der Waals surface area contributed by atoms with Crippen LogP contribution in [-0.4, -0.2) is 10.1 Å². The monoisotopic (exact) mass is 247 g/mol. The van der Waals surface area contributed by atoms with Crippen molar-refractivity contribution in [1.82, 2.24) is 4.98 Å². The Morgan fingerprint density at radius 1 is 1.29 bits per heavy atom. The van der Waals surface area contributed by atoms with Gasteiger partial charge < -0.3 is 5.11 Å². The van der Waals surface area contributed by atoms with Crippen molar-refractivity contribution in [2.24, 2.45) is 0 Å². The molecule has 2 nitrogen and oxygen atoms in total. The highest BCUT2D eigenvalue weighted by Gasteiger charge is 2.11. The van der Waals surface area contributed by atoms with Gasteiger partial charge in [-0.1, -0.05) is 29.8 Å². The molecule has 1 unspecified atom stereocenters. The summed E-state index contributed by atoms with van der Waals surface area (Å²) >= 11 is 5.90. The molecule has 0 aliphatic carbocycles. The zero-order chi connectivity index (χ0) is 12.3.